The zero-order chi connectivity index (χ0) is 22.8. The molecule has 0 saturated carbocycles. The van der Waals surface area contributed by atoms with Crippen LogP contribution in [0.3, 0.4) is 0 Å². The molecule has 0 atom stereocenters. The zero-order valence-corrected chi connectivity index (χ0v) is 18.7. The van der Waals surface area contributed by atoms with Crippen molar-refractivity contribution in [2.45, 2.75) is 27.4 Å². The van der Waals surface area contributed by atoms with Gasteiger partial charge in [0, 0.05) is 11.3 Å². The van der Waals surface area contributed by atoms with E-state index in [1.54, 1.807) is 24.3 Å². The molecular formula is C26H29NO5. The van der Waals surface area contributed by atoms with Gasteiger partial charge in [-0.25, -0.2) is 0 Å². The van der Waals surface area contributed by atoms with Gasteiger partial charge in [0.15, 0.2) is 11.5 Å². The van der Waals surface area contributed by atoms with Crippen LogP contribution in [0.1, 0.15) is 36.7 Å². The Bertz CT molecular complexity index is 975. The molecule has 0 unspecified atom stereocenters. The highest BCUT2D eigenvalue weighted by Crippen LogP contribution is 2.39. The van der Waals surface area contributed by atoms with Gasteiger partial charge in [0.2, 0.25) is 5.75 Å². The van der Waals surface area contributed by atoms with Crippen molar-refractivity contribution < 1.29 is 23.7 Å². The largest absolute Gasteiger partial charge is 0.490 e. The molecule has 0 aliphatic carbocycles. The molecule has 0 spiro atoms. The van der Waals surface area contributed by atoms with Gasteiger partial charge in [-0.1, -0.05) is 30.3 Å². The van der Waals surface area contributed by atoms with E-state index in [4.69, 9.17) is 18.9 Å². The Hall–Kier alpha value is -3.67. The van der Waals surface area contributed by atoms with Gasteiger partial charge in [-0.15, -0.1) is 0 Å². The van der Waals surface area contributed by atoms with Crippen LogP contribution in [0.4, 0.5) is 5.69 Å². The van der Waals surface area contributed by atoms with E-state index in [1.807, 2.05) is 63.2 Å². The topological polar surface area (TPSA) is 66.0 Å². The minimum Gasteiger partial charge on any atom is -0.490 e. The lowest BCUT2D eigenvalue weighted by molar-refractivity contribution is 0.102. The van der Waals surface area contributed by atoms with Crippen molar-refractivity contribution in [1.29, 1.82) is 0 Å². The Morgan fingerprint density at radius 3 is 1.91 bits per heavy atom. The van der Waals surface area contributed by atoms with Crippen molar-refractivity contribution in [2.75, 3.05) is 25.1 Å². The predicted octanol–water partition coefficient (Wildman–Crippen LogP) is 5.71. The molecular weight excluding hydrogens is 406 g/mol. The highest BCUT2D eigenvalue weighted by atomic mass is 16.5. The van der Waals surface area contributed by atoms with E-state index in [1.165, 1.54) is 0 Å². The summed E-state index contributed by atoms with van der Waals surface area (Å²) in [6.07, 6.45) is 0. The molecule has 0 heterocycles. The average molecular weight is 436 g/mol. The number of ether oxygens (including phenoxy) is 4. The first-order valence-electron chi connectivity index (χ1n) is 10.8. The van der Waals surface area contributed by atoms with E-state index in [9.17, 15) is 4.79 Å². The minimum atomic E-state index is -0.270. The molecule has 1 amide bonds. The first-order chi connectivity index (χ1) is 15.6. The van der Waals surface area contributed by atoms with E-state index in [0.29, 0.717) is 54.9 Å². The third kappa shape index (κ3) is 6.17. The van der Waals surface area contributed by atoms with E-state index in [-0.39, 0.29) is 5.91 Å². The zero-order valence-electron chi connectivity index (χ0n) is 18.7. The Morgan fingerprint density at radius 2 is 1.34 bits per heavy atom. The van der Waals surface area contributed by atoms with Crippen molar-refractivity contribution in [2.24, 2.45) is 0 Å². The summed E-state index contributed by atoms with van der Waals surface area (Å²) in [7, 11) is 0. The van der Waals surface area contributed by atoms with Crippen molar-refractivity contribution in [1.82, 2.24) is 0 Å². The van der Waals surface area contributed by atoms with Gasteiger partial charge >= 0.3 is 0 Å². The van der Waals surface area contributed by atoms with E-state index in [0.717, 1.165) is 11.3 Å². The summed E-state index contributed by atoms with van der Waals surface area (Å²) in [4.78, 5) is 12.9. The van der Waals surface area contributed by atoms with Gasteiger partial charge in [-0.2, -0.15) is 0 Å². The fourth-order valence-corrected chi connectivity index (χ4v) is 3.10. The second kappa shape index (κ2) is 11.6. The summed E-state index contributed by atoms with van der Waals surface area (Å²) < 4.78 is 22.9. The molecule has 3 aromatic carbocycles. The van der Waals surface area contributed by atoms with Crippen molar-refractivity contribution in [3.05, 3.63) is 77.9 Å². The Kier molecular flexibility index (Phi) is 8.37. The van der Waals surface area contributed by atoms with E-state index in [2.05, 4.69) is 5.32 Å². The number of hydrogen-bond acceptors (Lipinski definition) is 5. The second-order valence-corrected chi connectivity index (χ2v) is 6.85. The lowest BCUT2D eigenvalue weighted by Crippen LogP contribution is -2.13. The van der Waals surface area contributed by atoms with E-state index < -0.39 is 0 Å². The maximum absolute atomic E-state index is 12.9. The number of benzene rings is 3. The molecule has 0 aliphatic rings. The molecule has 1 N–H and O–H groups in total. The summed E-state index contributed by atoms with van der Waals surface area (Å²) in [6.45, 7) is 7.49. The second-order valence-electron chi connectivity index (χ2n) is 6.85. The number of anilines is 1. The monoisotopic (exact) mass is 435 g/mol. The molecule has 0 bridgehead atoms. The summed E-state index contributed by atoms with van der Waals surface area (Å²) in [5.41, 5.74) is 2.17. The number of amides is 1. The first kappa shape index (κ1) is 23.0. The lowest BCUT2D eigenvalue weighted by atomic mass is 10.1. The number of nitrogens with one attached hydrogen (secondary N) is 1. The summed E-state index contributed by atoms with van der Waals surface area (Å²) >= 11 is 0. The normalized spacial score (nSPS) is 10.3. The van der Waals surface area contributed by atoms with Gasteiger partial charge in [0.25, 0.3) is 5.91 Å². The highest BCUT2D eigenvalue weighted by Gasteiger charge is 2.18. The minimum absolute atomic E-state index is 0.270. The Balaban J connectivity index is 1.71. The number of carbonyl (C=O) groups is 1. The molecule has 3 aromatic rings. The fraction of sp³-hybridized carbons (Fsp3) is 0.269. The van der Waals surface area contributed by atoms with Crippen LogP contribution in [0.5, 0.6) is 23.0 Å². The molecule has 6 nitrogen and oxygen atoms in total. The van der Waals surface area contributed by atoms with Crippen LogP contribution >= 0.6 is 0 Å². The summed E-state index contributed by atoms with van der Waals surface area (Å²) in [6, 6.07) is 20.6. The van der Waals surface area contributed by atoms with Gasteiger partial charge in [-0.3, -0.25) is 4.79 Å². The van der Waals surface area contributed by atoms with Crippen molar-refractivity contribution >= 4 is 11.6 Å². The van der Waals surface area contributed by atoms with Crippen LogP contribution in [-0.2, 0) is 6.61 Å². The molecule has 32 heavy (non-hydrogen) atoms. The molecule has 0 fully saturated rings. The molecule has 0 aromatic heterocycles. The summed E-state index contributed by atoms with van der Waals surface area (Å²) in [5, 5.41) is 2.90. The third-order valence-corrected chi connectivity index (χ3v) is 4.53. The first-order valence-corrected chi connectivity index (χ1v) is 10.8. The van der Waals surface area contributed by atoms with Gasteiger partial charge < -0.3 is 24.3 Å². The smallest absolute Gasteiger partial charge is 0.255 e. The molecule has 3 rings (SSSR count). The molecule has 0 aliphatic heterocycles. The quantitative estimate of drug-likeness (QED) is 0.418. The van der Waals surface area contributed by atoms with Crippen molar-refractivity contribution in [3.8, 4) is 23.0 Å². The van der Waals surface area contributed by atoms with Crippen LogP contribution in [-0.4, -0.2) is 25.7 Å². The Labute approximate surface area is 189 Å². The average Bonchev–Trinajstić information content (AvgIpc) is 2.81. The van der Waals surface area contributed by atoms with Crippen LogP contribution in [0.15, 0.2) is 66.7 Å². The molecule has 0 radical (unpaired) electrons. The summed E-state index contributed by atoms with van der Waals surface area (Å²) in [5.74, 6) is 1.93. The number of carbonyl (C=O) groups excluding carboxylic acids is 1. The van der Waals surface area contributed by atoms with Crippen LogP contribution < -0.4 is 24.3 Å². The highest BCUT2D eigenvalue weighted by molar-refractivity contribution is 6.05. The van der Waals surface area contributed by atoms with Crippen LogP contribution in [0.25, 0.3) is 0 Å². The van der Waals surface area contributed by atoms with Gasteiger partial charge in [-0.05, 0) is 62.7 Å². The molecule has 168 valence electrons. The third-order valence-electron chi connectivity index (χ3n) is 4.53. The lowest BCUT2D eigenvalue weighted by Gasteiger charge is -2.17. The van der Waals surface area contributed by atoms with Gasteiger partial charge in [0.05, 0.1) is 19.8 Å². The van der Waals surface area contributed by atoms with Crippen molar-refractivity contribution in [3.63, 3.8) is 0 Å². The predicted molar refractivity (Wildman–Crippen MR) is 125 cm³/mol. The Morgan fingerprint density at radius 1 is 0.750 bits per heavy atom. The van der Waals surface area contributed by atoms with Gasteiger partial charge in [0.1, 0.15) is 12.4 Å². The molecule has 6 heteroatoms. The van der Waals surface area contributed by atoms with E-state index >= 15 is 0 Å². The van der Waals surface area contributed by atoms with Crippen LogP contribution in [0.2, 0.25) is 0 Å². The fourth-order valence-electron chi connectivity index (χ4n) is 3.10. The SMILES string of the molecule is CCOc1cc(C(=O)Nc2ccc(OCc3ccccc3)cc2)cc(OCC)c1OCC. The molecule has 0 saturated heterocycles. The maximum Gasteiger partial charge on any atom is 0.255 e. The standard InChI is InChI=1S/C26H29NO5/c1-4-29-23-16-20(17-24(30-5-2)25(23)31-6-3)26(28)27-21-12-14-22(15-13-21)32-18-19-10-8-7-9-11-19/h7-17H,4-6,18H2,1-3H3,(H,27,28). The number of hydrogen-bond donors (Lipinski definition) is 1. The van der Waals surface area contributed by atoms with Crippen LogP contribution in [0, 0.1) is 0 Å². The number of rotatable bonds is 11. The maximum atomic E-state index is 12.9.